The molecule has 11 heteroatoms. The summed E-state index contributed by atoms with van der Waals surface area (Å²) in [6, 6.07) is 18.4. The van der Waals surface area contributed by atoms with Gasteiger partial charge in [0.25, 0.3) is 26.0 Å². The fraction of sp³-hybridized carbons (Fsp3) is 0.240. The Kier molecular flexibility index (Phi) is 7.91. The second-order valence-electron chi connectivity index (χ2n) is 8.32. The highest BCUT2D eigenvalue weighted by atomic mass is 32.2. The van der Waals surface area contributed by atoms with Gasteiger partial charge in [0.15, 0.2) is 0 Å². The average Bonchev–Trinajstić information content (AvgIpc) is 2.89. The molecule has 1 heterocycles. The Balaban J connectivity index is 1.53. The Morgan fingerprint density at radius 2 is 1.31 bits per heavy atom. The van der Waals surface area contributed by atoms with Crippen molar-refractivity contribution in [3.05, 3.63) is 78.4 Å². The minimum atomic E-state index is -4.02. The van der Waals surface area contributed by atoms with Crippen molar-refractivity contribution in [1.82, 2.24) is 4.90 Å². The van der Waals surface area contributed by atoms with E-state index in [9.17, 15) is 21.6 Å². The van der Waals surface area contributed by atoms with Crippen LogP contribution < -0.4 is 9.44 Å². The molecule has 36 heavy (non-hydrogen) atoms. The van der Waals surface area contributed by atoms with E-state index in [0.717, 1.165) is 19.3 Å². The molecule has 1 saturated heterocycles. The van der Waals surface area contributed by atoms with Gasteiger partial charge in [-0.25, -0.2) is 16.8 Å². The van der Waals surface area contributed by atoms with E-state index in [0.29, 0.717) is 29.2 Å². The normalized spacial score (nSPS) is 14.3. The molecule has 8 nitrogen and oxygen atoms in total. The lowest BCUT2D eigenvalue weighted by Crippen LogP contribution is -2.36. The molecule has 4 rings (SSSR count). The van der Waals surface area contributed by atoms with Crippen molar-refractivity contribution in [2.24, 2.45) is 0 Å². The van der Waals surface area contributed by atoms with E-state index in [1.165, 1.54) is 48.2 Å². The number of rotatable bonds is 8. The summed E-state index contributed by atoms with van der Waals surface area (Å²) in [4.78, 5) is 15.6. The fourth-order valence-electron chi connectivity index (χ4n) is 3.93. The summed E-state index contributed by atoms with van der Waals surface area (Å²) in [6.07, 6.45) is 4.80. The number of anilines is 2. The zero-order valence-corrected chi connectivity index (χ0v) is 22.1. The SMILES string of the molecule is CSc1ccc(S(=O)(=O)Nc2ccc(S(=O)(=O)Nc3ccccc3)cc2)cc1C(=O)N1CCCCC1. The van der Waals surface area contributed by atoms with Crippen LogP contribution in [-0.2, 0) is 20.0 Å². The van der Waals surface area contributed by atoms with Gasteiger partial charge in [0, 0.05) is 29.4 Å². The van der Waals surface area contributed by atoms with E-state index in [1.54, 1.807) is 41.3 Å². The highest BCUT2D eigenvalue weighted by Crippen LogP contribution is 2.27. The smallest absolute Gasteiger partial charge is 0.261 e. The molecule has 3 aromatic carbocycles. The topological polar surface area (TPSA) is 113 Å². The van der Waals surface area contributed by atoms with Crippen LogP contribution in [0.5, 0.6) is 0 Å². The van der Waals surface area contributed by atoms with E-state index < -0.39 is 20.0 Å². The number of sulfonamides is 2. The monoisotopic (exact) mass is 545 g/mol. The van der Waals surface area contributed by atoms with E-state index in [2.05, 4.69) is 9.44 Å². The van der Waals surface area contributed by atoms with Crippen LogP contribution in [0.15, 0.2) is 87.5 Å². The molecule has 1 aliphatic rings. The molecule has 0 saturated carbocycles. The molecule has 190 valence electrons. The number of nitrogens with one attached hydrogen (secondary N) is 2. The second kappa shape index (κ2) is 10.9. The highest BCUT2D eigenvalue weighted by Gasteiger charge is 2.24. The molecular formula is C25H27N3O5S3. The number of carbonyl (C=O) groups is 1. The summed E-state index contributed by atoms with van der Waals surface area (Å²) in [7, 11) is -7.85. The Bertz CT molecular complexity index is 1440. The number of benzene rings is 3. The molecule has 0 unspecified atom stereocenters. The predicted molar refractivity (Wildman–Crippen MR) is 142 cm³/mol. The molecule has 0 spiro atoms. The summed E-state index contributed by atoms with van der Waals surface area (Å²) in [6.45, 7) is 1.33. The van der Waals surface area contributed by atoms with Crippen molar-refractivity contribution < 1.29 is 21.6 Å². The molecule has 3 aromatic rings. The number of piperidine rings is 1. The van der Waals surface area contributed by atoms with Crippen LogP contribution >= 0.6 is 11.8 Å². The zero-order chi connectivity index (χ0) is 25.8. The first kappa shape index (κ1) is 26.1. The number of nitrogens with zero attached hydrogens (tertiary/aromatic N) is 1. The molecule has 0 aromatic heterocycles. The lowest BCUT2D eigenvalue weighted by molar-refractivity contribution is 0.0720. The van der Waals surface area contributed by atoms with Crippen LogP contribution in [0.3, 0.4) is 0 Å². The Morgan fingerprint density at radius 3 is 1.92 bits per heavy atom. The van der Waals surface area contributed by atoms with Crippen molar-refractivity contribution in [3.63, 3.8) is 0 Å². The average molecular weight is 546 g/mol. The number of amides is 1. The van der Waals surface area contributed by atoms with E-state index in [4.69, 9.17) is 0 Å². The third-order valence-electron chi connectivity index (χ3n) is 5.80. The van der Waals surface area contributed by atoms with Gasteiger partial charge in [-0.3, -0.25) is 14.2 Å². The summed E-state index contributed by atoms with van der Waals surface area (Å²) in [5, 5.41) is 0. The largest absolute Gasteiger partial charge is 0.339 e. The minimum Gasteiger partial charge on any atom is -0.339 e. The van der Waals surface area contributed by atoms with Gasteiger partial charge in [-0.1, -0.05) is 18.2 Å². The maximum Gasteiger partial charge on any atom is 0.261 e. The van der Waals surface area contributed by atoms with E-state index in [1.807, 2.05) is 6.26 Å². The lowest BCUT2D eigenvalue weighted by atomic mass is 10.1. The Hall–Kier alpha value is -3.02. The van der Waals surface area contributed by atoms with Crippen molar-refractivity contribution in [3.8, 4) is 0 Å². The predicted octanol–water partition coefficient (Wildman–Crippen LogP) is 4.64. The molecule has 0 atom stereocenters. The molecule has 0 aliphatic carbocycles. The maximum atomic E-state index is 13.1. The number of likely N-dealkylation sites (tertiary alicyclic amines) is 1. The number of hydrogen-bond donors (Lipinski definition) is 2. The first-order valence-electron chi connectivity index (χ1n) is 11.4. The Morgan fingerprint density at radius 1 is 0.750 bits per heavy atom. The van der Waals surface area contributed by atoms with E-state index in [-0.39, 0.29) is 21.4 Å². The molecule has 2 N–H and O–H groups in total. The van der Waals surface area contributed by atoms with Crippen molar-refractivity contribution in [1.29, 1.82) is 0 Å². The summed E-state index contributed by atoms with van der Waals surface area (Å²) >= 11 is 1.39. The molecular weight excluding hydrogens is 518 g/mol. The molecule has 1 aliphatic heterocycles. The van der Waals surface area contributed by atoms with Crippen LogP contribution in [0.1, 0.15) is 29.6 Å². The second-order valence-corrected chi connectivity index (χ2v) is 12.5. The van der Waals surface area contributed by atoms with Gasteiger partial charge >= 0.3 is 0 Å². The molecule has 0 radical (unpaired) electrons. The summed E-state index contributed by atoms with van der Waals surface area (Å²) in [5.41, 5.74) is 0.984. The lowest BCUT2D eigenvalue weighted by Gasteiger charge is -2.27. The number of thioether (sulfide) groups is 1. The third kappa shape index (κ3) is 6.03. The first-order valence-corrected chi connectivity index (χ1v) is 15.6. The fourth-order valence-corrected chi connectivity index (χ4v) is 6.64. The zero-order valence-electron chi connectivity index (χ0n) is 19.7. The minimum absolute atomic E-state index is 0.00645. The number of hydrogen-bond acceptors (Lipinski definition) is 6. The van der Waals surface area contributed by atoms with Gasteiger partial charge in [-0.05, 0) is 80.1 Å². The summed E-state index contributed by atoms with van der Waals surface area (Å²) in [5.74, 6) is -0.170. The van der Waals surface area contributed by atoms with Crippen LogP contribution in [0.2, 0.25) is 0 Å². The van der Waals surface area contributed by atoms with Gasteiger partial charge in [0.05, 0.1) is 15.4 Å². The van der Waals surface area contributed by atoms with Crippen LogP contribution in [0, 0.1) is 0 Å². The number of carbonyl (C=O) groups excluding carboxylic acids is 1. The molecule has 0 bridgehead atoms. The quantitative estimate of drug-likeness (QED) is 0.399. The van der Waals surface area contributed by atoms with Crippen molar-refractivity contribution >= 4 is 49.1 Å². The first-order chi connectivity index (χ1) is 17.2. The molecule has 1 fully saturated rings. The van der Waals surface area contributed by atoms with Gasteiger partial charge in [-0.2, -0.15) is 0 Å². The molecule has 1 amide bonds. The maximum absolute atomic E-state index is 13.1. The summed E-state index contributed by atoms with van der Waals surface area (Å²) < 4.78 is 56.4. The van der Waals surface area contributed by atoms with Gasteiger partial charge < -0.3 is 4.90 Å². The third-order valence-corrected chi connectivity index (χ3v) is 9.37. The van der Waals surface area contributed by atoms with Crippen molar-refractivity contribution in [2.45, 2.75) is 33.9 Å². The van der Waals surface area contributed by atoms with E-state index >= 15 is 0 Å². The number of para-hydroxylation sites is 1. The van der Waals surface area contributed by atoms with Crippen LogP contribution in [-0.4, -0.2) is 47.0 Å². The van der Waals surface area contributed by atoms with Crippen molar-refractivity contribution in [2.75, 3.05) is 28.8 Å². The van der Waals surface area contributed by atoms with Crippen LogP contribution in [0.25, 0.3) is 0 Å². The van der Waals surface area contributed by atoms with Gasteiger partial charge in [-0.15, -0.1) is 11.8 Å². The highest BCUT2D eigenvalue weighted by molar-refractivity contribution is 7.98. The van der Waals surface area contributed by atoms with Gasteiger partial charge in [0.1, 0.15) is 0 Å². The standard InChI is InChI=1S/C25H27N3O5S3/c1-34-24-15-14-22(18-23(24)25(29)28-16-6-3-7-17-28)36(32,33)27-20-10-12-21(13-11-20)35(30,31)26-19-8-4-2-5-9-19/h2,4-5,8-15,18,26-27H,3,6-7,16-17H2,1H3. The Labute approximate surface area is 216 Å². The van der Waals surface area contributed by atoms with Crippen LogP contribution in [0.4, 0.5) is 11.4 Å². The van der Waals surface area contributed by atoms with Gasteiger partial charge in [0.2, 0.25) is 0 Å².